The summed E-state index contributed by atoms with van der Waals surface area (Å²) in [5.41, 5.74) is 11.8. The fourth-order valence-electron chi connectivity index (χ4n) is 6.40. The molecule has 1 heterocycles. The summed E-state index contributed by atoms with van der Waals surface area (Å²) in [4.78, 5) is 2.78. The van der Waals surface area contributed by atoms with E-state index in [1.165, 1.54) is 48.7 Å². The largest absolute Gasteiger partial charge is 0.0894 e. The molecule has 3 aromatic carbocycles. The van der Waals surface area contributed by atoms with Gasteiger partial charge in [-0.3, -0.25) is 0 Å². The predicted molar refractivity (Wildman–Crippen MR) is 131 cm³/mol. The van der Waals surface area contributed by atoms with Crippen LogP contribution in [0.4, 0.5) is 0 Å². The molecule has 1 aliphatic heterocycles. The Morgan fingerprint density at radius 3 is 2.32 bits per heavy atom. The minimum absolute atomic E-state index is 0.214. The molecule has 0 amide bonds. The first-order valence-corrected chi connectivity index (χ1v) is 12.2. The summed E-state index contributed by atoms with van der Waals surface area (Å²) in [5, 5.41) is 0. The fraction of sp³-hybridized carbons (Fsp3) is 0.200. The molecule has 150 valence electrons. The highest BCUT2D eigenvalue weighted by molar-refractivity contribution is 7.99. The van der Waals surface area contributed by atoms with Crippen molar-refractivity contribution in [2.45, 2.75) is 41.4 Å². The molecule has 0 bridgehead atoms. The molecule has 0 fully saturated rings. The lowest BCUT2D eigenvalue weighted by Gasteiger charge is -2.41. The number of allylic oxidation sites excluding steroid dienone is 5. The molecule has 0 aromatic heterocycles. The second-order valence-electron chi connectivity index (χ2n) is 9.21. The Kier molecular flexibility index (Phi) is 3.67. The predicted octanol–water partition coefficient (Wildman–Crippen LogP) is 7.81. The molecule has 0 saturated carbocycles. The third-order valence-electron chi connectivity index (χ3n) is 7.64. The molecule has 3 aromatic rings. The van der Waals surface area contributed by atoms with Crippen molar-refractivity contribution in [1.82, 2.24) is 0 Å². The number of fused-ring (bicyclic) bond motifs is 10. The van der Waals surface area contributed by atoms with Crippen molar-refractivity contribution >= 4 is 23.4 Å². The first kappa shape index (κ1) is 17.9. The maximum Gasteiger partial charge on any atom is 0.0732 e. The van der Waals surface area contributed by atoms with Crippen LogP contribution in [0.3, 0.4) is 0 Å². The second kappa shape index (κ2) is 6.37. The van der Waals surface area contributed by atoms with Gasteiger partial charge in [-0.1, -0.05) is 91.5 Å². The summed E-state index contributed by atoms with van der Waals surface area (Å²) in [6.07, 6.45) is 13.1. The molecule has 0 nitrogen and oxygen atoms in total. The average molecular weight is 417 g/mol. The van der Waals surface area contributed by atoms with Gasteiger partial charge >= 0.3 is 0 Å². The lowest BCUT2D eigenvalue weighted by Crippen LogP contribution is -2.33. The zero-order valence-electron chi connectivity index (χ0n) is 17.7. The topological polar surface area (TPSA) is 0 Å². The highest BCUT2D eigenvalue weighted by atomic mass is 32.2. The van der Waals surface area contributed by atoms with Crippen LogP contribution in [-0.4, -0.2) is 0 Å². The van der Waals surface area contributed by atoms with Crippen LogP contribution in [0.5, 0.6) is 0 Å². The van der Waals surface area contributed by atoms with Crippen molar-refractivity contribution in [2.24, 2.45) is 5.92 Å². The van der Waals surface area contributed by atoms with Gasteiger partial charge in [-0.2, -0.15) is 0 Å². The molecule has 0 radical (unpaired) electrons. The van der Waals surface area contributed by atoms with Crippen molar-refractivity contribution in [1.29, 1.82) is 0 Å². The van der Waals surface area contributed by atoms with Gasteiger partial charge in [-0.05, 0) is 81.8 Å². The molecular weight excluding hydrogens is 392 g/mol. The van der Waals surface area contributed by atoms with E-state index in [1.807, 2.05) is 11.8 Å². The quantitative estimate of drug-likeness (QED) is 0.360. The first-order valence-electron chi connectivity index (χ1n) is 11.4. The Labute approximate surface area is 188 Å². The Morgan fingerprint density at radius 1 is 0.806 bits per heavy atom. The second-order valence-corrected chi connectivity index (χ2v) is 10.3. The molecular formula is C30H24S. The fourth-order valence-corrected chi connectivity index (χ4v) is 7.60. The molecule has 3 aliphatic carbocycles. The van der Waals surface area contributed by atoms with Crippen LogP contribution in [0, 0.1) is 5.92 Å². The van der Waals surface area contributed by atoms with Gasteiger partial charge < -0.3 is 0 Å². The van der Waals surface area contributed by atoms with E-state index >= 15 is 0 Å². The molecule has 1 heteroatoms. The summed E-state index contributed by atoms with van der Waals surface area (Å²) < 4.78 is 0. The van der Waals surface area contributed by atoms with E-state index in [9.17, 15) is 0 Å². The lowest BCUT2D eigenvalue weighted by molar-refractivity contribution is 0.696. The van der Waals surface area contributed by atoms with E-state index in [0.29, 0.717) is 5.92 Å². The zero-order chi connectivity index (χ0) is 20.6. The van der Waals surface area contributed by atoms with Gasteiger partial charge in [0.1, 0.15) is 0 Å². The van der Waals surface area contributed by atoms with E-state index in [-0.39, 0.29) is 5.41 Å². The standard InChI is InChI=1S/C30H24S/c1-19-9-8-14-24-28(19)29-21-11-3-2-10-20(21)17-18-25(29)30(24)22-12-4-6-15-26(22)31-27-16-7-5-13-23(27)30/h3-8,11-19H,2,9-10H2,1H3. The van der Waals surface area contributed by atoms with Crippen LogP contribution in [0.1, 0.15) is 53.1 Å². The summed E-state index contributed by atoms with van der Waals surface area (Å²) in [5.74, 6) is 0.536. The summed E-state index contributed by atoms with van der Waals surface area (Å²) >= 11 is 1.93. The van der Waals surface area contributed by atoms with Crippen LogP contribution in [0.25, 0.3) is 11.6 Å². The minimum Gasteiger partial charge on any atom is -0.0894 e. The Hall–Kier alpha value is -2.77. The number of hydrogen-bond donors (Lipinski definition) is 0. The van der Waals surface area contributed by atoms with E-state index in [2.05, 4.69) is 91.9 Å². The minimum atomic E-state index is -0.214. The maximum absolute atomic E-state index is 2.47. The van der Waals surface area contributed by atoms with E-state index in [0.717, 1.165) is 19.3 Å². The highest BCUT2D eigenvalue weighted by Crippen LogP contribution is 2.64. The van der Waals surface area contributed by atoms with E-state index < -0.39 is 0 Å². The number of aryl methyl sites for hydroxylation is 1. The Bertz CT molecular complexity index is 1310. The summed E-state index contributed by atoms with van der Waals surface area (Å²) in [6.45, 7) is 2.42. The Balaban J connectivity index is 1.70. The van der Waals surface area contributed by atoms with Crippen molar-refractivity contribution in [2.75, 3.05) is 0 Å². The first-order chi connectivity index (χ1) is 15.3. The molecule has 31 heavy (non-hydrogen) atoms. The molecule has 7 rings (SSSR count). The van der Waals surface area contributed by atoms with E-state index in [4.69, 9.17) is 0 Å². The van der Waals surface area contributed by atoms with Gasteiger partial charge in [-0.25, -0.2) is 0 Å². The van der Waals surface area contributed by atoms with Gasteiger partial charge in [0.25, 0.3) is 0 Å². The molecule has 1 atom stereocenters. The van der Waals surface area contributed by atoms with E-state index in [1.54, 1.807) is 5.57 Å². The summed E-state index contributed by atoms with van der Waals surface area (Å²) in [7, 11) is 0. The molecule has 1 unspecified atom stereocenters. The van der Waals surface area contributed by atoms with Crippen LogP contribution in [0.2, 0.25) is 0 Å². The molecule has 0 N–H and O–H groups in total. The maximum atomic E-state index is 2.47. The zero-order valence-corrected chi connectivity index (χ0v) is 18.5. The van der Waals surface area contributed by atoms with Gasteiger partial charge in [0.05, 0.1) is 5.41 Å². The van der Waals surface area contributed by atoms with Crippen LogP contribution < -0.4 is 0 Å². The molecule has 0 saturated heterocycles. The normalized spacial score (nSPS) is 21.4. The van der Waals surface area contributed by atoms with Crippen molar-refractivity contribution < 1.29 is 0 Å². The molecule has 1 spiro atoms. The van der Waals surface area contributed by atoms with Gasteiger partial charge in [0.15, 0.2) is 0 Å². The van der Waals surface area contributed by atoms with Gasteiger partial charge in [-0.15, -0.1) is 0 Å². The van der Waals surface area contributed by atoms with Gasteiger partial charge in [0.2, 0.25) is 0 Å². The van der Waals surface area contributed by atoms with Crippen molar-refractivity contribution in [3.8, 4) is 0 Å². The lowest BCUT2D eigenvalue weighted by atomic mass is 9.65. The van der Waals surface area contributed by atoms with Crippen LogP contribution in [-0.2, 0) is 11.8 Å². The van der Waals surface area contributed by atoms with Crippen molar-refractivity contribution in [3.05, 3.63) is 118 Å². The number of hydrogen-bond acceptors (Lipinski definition) is 1. The monoisotopic (exact) mass is 416 g/mol. The highest BCUT2D eigenvalue weighted by Gasteiger charge is 2.52. The van der Waals surface area contributed by atoms with Crippen LogP contribution in [0.15, 0.2) is 94.3 Å². The molecule has 4 aliphatic rings. The Morgan fingerprint density at radius 2 is 1.55 bits per heavy atom. The summed E-state index contributed by atoms with van der Waals surface area (Å²) in [6, 6.07) is 23.1. The van der Waals surface area contributed by atoms with Gasteiger partial charge in [0, 0.05) is 9.79 Å². The SMILES string of the molecule is CC1CC=CC2=C1c1c(ccc3c1C=CCC3)C21c2ccccc2Sc2ccccc21. The third-order valence-corrected chi connectivity index (χ3v) is 8.79. The van der Waals surface area contributed by atoms with Crippen molar-refractivity contribution in [3.63, 3.8) is 0 Å². The third kappa shape index (κ3) is 2.18. The smallest absolute Gasteiger partial charge is 0.0732 e. The average Bonchev–Trinajstić information content (AvgIpc) is 3.12. The number of benzene rings is 3. The van der Waals surface area contributed by atoms with Crippen LogP contribution >= 0.6 is 11.8 Å². The number of rotatable bonds is 0.